The highest BCUT2D eigenvalue weighted by Crippen LogP contribution is 1.79. The van der Waals surface area contributed by atoms with Crippen LogP contribution in [0.1, 0.15) is 19.8 Å². The van der Waals surface area contributed by atoms with E-state index in [2.05, 4.69) is 19.3 Å². The van der Waals surface area contributed by atoms with E-state index in [1.54, 1.807) is 0 Å². The summed E-state index contributed by atoms with van der Waals surface area (Å²) in [6.45, 7) is 3.22. The van der Waals surface area contributed by atoms with E-state index in [0.29, 0.717) is 0 Å². The average molecular weight is 86.2 g/mol. The highest BCUT2D eigenvalue weighted by atomic mass is 14.8. The fourth-order valence-electron chi connectivity index (χ4n) is 0.302. The molecule has 0 aromatic rings. The molecule has 0 aliphatic heterocycles. The monoisotopic (exact) mass is 86.1 g/mol. The van der Waals surface area contributed by atoms with Crippen LogP contribution >= 0.6 is 0 Å². The fourth-order valence-corrected chi connectivity index (χ4v) is 0.302. The fraction of sp³-hybridized carbons (Fsp3) is 0.800. The number of rotatable bonds is 3. The van der Waals surface area contributed by atoms with E-state index in [-0.39, 0.29) is 0 Å². The van der Waals surface area contributed by atoms with Gasteiger partial charge in [-0.25, -0.2) is 0 Å². The van der Waals surface area contributed by atoms with Gasteiger partial charge < -0.3 is 5.32 Å². The molecule has 0 aliphatic carbocycles. The molecule has 0 spiro atoms. The van der Waals surface area contributed by atoms with Gasteiger partial charge in [0.2, 0.25) is 0 Å². The minimum Gasteiger partial charge on any atom is -0.315 e. The highest BCUT2D eigenvalue weighted by Gasteiger charge is 1.73. The van der Waals surface area contributed by atoms with Crippen LogP contribution in [0.2, 0.25) is 0 Å². The lowest BCUT2D eigenvalue weighted by Crippen LogP contribution is -2.02. The van der Waals surface area contributed by atoms with E-state index in [9.17, 15) is 0 Å². The molecule has 0 fully saturated rings. The molecule has 37 valence electrons. The summed E-state index contributed by atoms with van der Waals surface area (Å²) in [4.78, 5) is 0. The Labute approximate surface area is 39.7 Å². The largest absolute Gasteiger partial charge is 0.315 e. The summed E-state index contributed by atoms with van der Waals surface area (Å²) in [5, 5.41) is 2.82. The second kappa shape index (κ2) is 4.96. The maximum Gasteiger partial charge on any atom is 0.00767 e. The van der Waals surface area contributed by atoms with Crippen molar-refractivity contribution in [3.05, 3.63) is 7.05 Å². The predicted octanol–water partition coefficient (Wildman–Crippen LogP) is 1.17. The molecule has 0 aromatic carbocycles. The van der Waals surface area contributed by atoms with Crippen LogP contribution < -0.4 is 5.32 Å². The number of nitrogens with one attached hydrogen (secondary N) is 1. The van der Waals surface area contributed by atoms with Crippen molar-refractivity contribution < 1.29 is 0 Å². The second-order valence-corrected chi connectivity index (χ2v) is 1.35. The summed E-state index contributed by atoms with van der Waals surface area (Å²) in [6.07, 6.45) is 2.49. The Balaban J connectivity index is 2.34. The van der Waals surface area contributed by atoms with Gasteiger partial charge in [0.1, 0.15) is 0 Å². The molecule has 0 saturated carbocycles. The van der Waals surface area contributed by atoms with Crippen molar-refractivity contribution in [1.29, 1.82) is 0 Å². The van der Waals surface area contributed by atoms with Crippen molar-refractivity contribution in [3.63, 3.8) is 0 Å². The van der Waals surface area contributed by atoms with Crippen LogP contribution in [-0.2, 0) is 0 Å². The molecular weight excluding hydrogens is 74.1 g/mol. The van der Waals surface area contributed by atoms with Gasteiger partial charge in [0.15, 0.2) is 0 Å². The summed E-state index contributed by atoms with van der Waals surface area (Å²) in [5.41, 5.74) is 0. The molecule has 1 radical (unpaired) electrons. The molecular formula is C5H12N. The van der Waals surface area contributed by atoms with Gasteiger partial charge in [-0.1, -0.05) is 13.3 Å². The minimum absolute atomic E-state index is 1.05. The third-order valence-corrected chi connectivity index (χ3v) is 0.707. The molecule has 0 saturated heterocycles. The lowest BCUT2D eigenvalue weighted by molar-refractivity contribution is 0.733. The summed E-state index contributed by atoms with van der Waals surface area (Å²) in [5.74, 6) is 0. The van der Waals surface area contributed by atoms with Crippen LogP contribution in [0.3, 0.4) is 0 Å². The first-order chi connectivity index (χ1) is 2.91. The van der Waals surface area contributed by atoms with Crippen LogP contribution in [0.25, 0.3) is 0 Å². The number of hydrogen-bond acceptors (Lipinski definition) is 1. The Morgan fingerprint density at radius 2 is 2.33 bits per heavy atom. The third-order valence-electron chi connectivity index (χ3n) is 0.707. The lowest BCUT2D eigenvalue weighted by Gasteiger charge is -1.89. The highest BCUT2D eigenvalue weighted by molar-refractivity contribution is 4.39. The van der Waals surface area contributed by atoms with Crippen LogP contribution in [0, 0.1) is 7.05 Å². The van der Waals surface area contributed by atoms with Crippen LogP contribution in [0.15, 0.2) is 0 Å². The topological polar surface area (TPSA) is 12.0 Å². The van der Waals surface area contributed by atoms with Crippen molar-refractivity contribution in [3.8, 4) is 0 Å². The van der Waals surface area contributed by atoms with E-state index >= 15 is 0 Å². The van der Waals surface area contributed by atoms with Gasteiger partial charge >= 0.3 is 0 Å². The number of hydrogen-bond donors (Lipinski definition) is 1. The van der Waals surface area contributed by atoms with E-state index in [4.69, 9.17) is 0 Å². The maximum atomic E-state index is 3.47. The average Bonchev–Trinajstić information content (AvgIpc) is 1.61. The zero-order valence-corrected chi connectivity index (χ0v) is 4.33. The first-order valence-corrected chi connectivity index (χ1v) is 2.41. The molecule has 0 bridgehead atoms. The van der Waals surface area contributed by atoms with Crippen molar-refractivity contribution in [2.75, 3.05) is 6.54 Å². The van der Waals surface area contributed by atoms with Crippen molar-refractivity contribution >= 4 is 0 Å². The van der Waals surface area contributed by atoms with Crippen LogP contribution in [0.5, 0.6) is 0 Å². The molecule has 0 aliphatic rings. The van der Waals surface area contributed by atoms with E-state index < -0.39 is 0 Å². The van der Waals surface area contributed by atoms with Crippen molar-refractivity contribution in [2.45, 2.75) is 19.8 Å². The predicted molar refractivity (Wildman–Crippen MR) is 28.3 cm³/mol. The quantitative estimate of drug-likeness (QED) is 0.508. The Hall–Kier alpha value is -0.0400. The molecule has 0 amide bonds. The summed E-state index contributed by atoms with van der Waals surface area (Å²) < 4.78 is 0. The summed E-state index contributed by atoms with van der Waals surface area (Å²) >= 11 is 0. The van der Waals surface area contributed by atoms with E-state index in [1.807, 2.05) is 0 Å². The molecule has 1 nitrogen and oxygen atoms in total. The van der Waals surface area contributed by atoms with E-state index in [1.165, 1.54) is 12.8 Å². The summed E-state index contributed by atoms with van der Waals surface area (Å²) in [6, 6.07) is 0. The van der Waals surface area contributed by atoms with Gasteiger partial charge in [-0.05, 0) is 13.0 Å². The molecule has 1 heteroatoms. The van der Waals surface area contributed by atoms with Gasteiger partial charge in [-0.15, -0.1) is 0 Å². The zero-order valence-electron chi connectivity index (χ0n) is 4.33. The van der Waals surface area contributed by atoms with Crippen molar-refractivity contribution in [2.24, 2.45) is 0 Å². The first kappa shape index (κ1) is 5.96. The second-order valence-electron chi connectivity index (χ2n) is 1.35. The molecule has 1 N–H and O–H groups in total. The van der Waals surface area contributed by atoms with Gasteiger partial charge in [0.05, 0.1) is 0 Å². The molecule has 6 heavy (non-hydrogen) atoms. The standard InChI is InChI=1S/C5H12N/c1-3-4-5-6-2/h6H,2-5H2,1H3. The Morgan fingerprint density at radius 1 is 1.67 bits per heavy atom. The smallest absolute Gasteiger partial charge is 0.00767 e. The maximum absolute atomic E-state index is 3.47. The molecule has 0 aromatic heterocycles. The van der Waals surface area contributed by atoms with Crippen LogP contribution in [-0.4, -0.2) is 6.54 Å². The normalized spacial score (nSPS) is 9.00. The Kier molecular flexibility index (Phi) is 4.93. The first-order valence-electron chi connectivity index (χ1n) is 2.41. The van der Waals surface area contributed by atoms with Gasteiger partial charge in [-0.2, -0.15) is 0 Å². The molecule has 0 unspecified atom stereocenters. The Morgan fingerprint density at radius 3 is 2.50 bits per heavy atom. The molecule has 0 heterocycles. The van der Waals surface area contributed by atoms with Gasteiger partial charge in [0, 0.05) is 7.05 Å². The zero-order chi connectivity index (χ0) is 4.83. The minimum atomic E-state index is 1.05. The molecule has 0 atom stereocenters. The SMILES string of the molecule is [CH2]NCCCC. The van der Waals surface area contributed by atoms with Crippen molar-refractivity contribution in [1.82, 2.24) is 5.32 Å². The molecule has 0 rings (SSSR count). The van der Waals surface area contributed by atoms with Gasteiger partial charge in [0.25, 0.3) is 0 Å². The summed E-state index contributed by atoms with van der Waals surface area (Å²) in [7, 11) is 3.47. The van der Waals surface area contributed by atoms with Crippen LogP contribution in [0.4, 0.5) is 0 Å². The van der Waals surface area contributed by atoms with Gasteiger partial charge in [-0.3, -0.25) is 0 Å². The Bertz CT molecular complexity index is 15.9. The third kappa shape index (κ3) is 3.96. The number of unbranched alkanes of at least 4 members (excludes halogenated alkanes) is 1. The van der Waals surface area contributed by atoms with E-state index in [0.717, 1.165) is 6.54 Å². The lowest BCUT2D eigenvalue weighted by atomic mass is 10.3.